The SMILES string of the molecule is C=CCOc1ccc(C=C(C#N)C#N)cc1[N+](=O)[O-]. The fourth-order valence-corrected chi connectivity index (χ4v) is 1.29. The number of allylic oxidation sites excluding steroid dienone is 1. The second-order valence-electron chi connectivity index (χ2n) is 3.37. The first-order chi connectivity index (χ1) is 9.12. The standard InChI is InChI=1S/C13H9N3O3/c1-2-5-19-13-4-3-10(6-11(8-14)9-15)7-12(13)16(17)18/h2-4,6-7H,1,5H2. The number of hydrogen-bond donors (Lipinski definition) is 0. The van der Waals surface area contributed by atoms with Crippen LogP contribution in [0.25, 0.3) is 6.08 Å². The van der Waals surface area contributed by atoms with E-state index in [-0.39, 0.29) is 23.6 Å². The minimum absolute atomic E-state index is 0.109. The van der Waals surface area contributed by atoms with Crippen molar-refractivity contribution in [3.63, 3.8) is 0 Å². The van der Waals surface area contributed by atoms with Gasteiger partial charge < -0.3 is 4.74 Å². The van der Waals surface area contributed by atoms with E-state index in [1.54, 1.807) is 12.1 Å². The summed E-state index contributed by atoms with van der Waals surface area (Å²) >= 11 is 0. The van der Waals surface area contributed by atoms with Crippen molar-refractivity contribution in [3.05, 3.63) is 52.1 Å². The molecule has 0 fully saturated rings. The fourth-order valence-electron chi connectivity index (χ4n) is 1.29. The molecule has 0 saturated heterocycles. The molecule has 0 bridgehead atoms. The van der Waals surface area contributed by atoms with E-state index in [0.29, 0.717) is 5.56 Å². The molecule has 6 heteroatoms. The molecule has 1 aromatic carbocycles. The van der Waals surface area contributed by atoms with Gasteiger partial charge in [-0.15, -0.1) is 0 Å². The van der Waals surface area contributed by atoms with Crippen LogP contribution >= 0.6 is 0 Å². The third-order valence-electron chi connectivity index (χ3n) is 2.09. The van der Waals surface area contributed by atoms with Crippen molar-refractivity contribution in [1.82, 2.24) is 0 Å². The Morgan fingerprint density at radius 3 is 2.68 bits per heavy atom. The largest absolute Gasteiger partial charge is 0.483 e. The first kappa shape index (κ1) is 13.9. The predicted molar refractivity (Wildman–Crippen MR) is 68.0 cm³/mol. The summed E-state index contributed by atoms with van der Waals surface area (Å²) in [5.41, 5.74) is 0.0237. The maximum atomic E-state index is 10.9. The average molecular weight is 255 g/mol. The topological polar surface area (TPSA) is 99.9 Å². The number of nitrogens with zero attached hydrogens (tertiary/aromatic N) is 3. The molecule has 0 radical (unpaired) electrons. The number of hydrogen-bond acceptors (Lipinski definition) is 5. The molecule has 0 saturated carbocycles. The predicted octanol–water partition coefficient (Wildman–Crippen LogP) is 2.59. The van der Waals surface area contributed by atoms with Gasteiger partial charge in [-0.3, -0.25) is 10.1 Å². The number of nitro benzene ring substituents is 1. The fraction of sp³-hybridized carbons (Fsp3) is 0.0769. The maximum absolute atomic E-state index is 10.9. The lowest BCUT2D eigenvalue weighted by Gasteiger charge is -2.04. The second kappa shape index (κ2) is 6.58. The van der Waals surface area contributed by atoms with Crippen LogP contribution in [0.3, 0.4) is 0 Å². The number of benzene rings is 1. The summed E-state index contributed by atoms with van der Waals surface area (Å²) < 4.78 is 5.15. The van der Waals surface area contributed by atoms with Crippen molar-refractivity contribution in [2.75, 3.05) is 6.61 Å². The molecular formula is C13H9N3O3. The van der Waals surface area contributed by atoms with Crippen molar-refractivity contribution in [1.29, 1.82) is 10.5 Å². The van der Waals surface area contributed by atoms with E-state index in [9.17, 15) is 10.1 Å². The number of nitro groups is 1. The van der Waals surface area contributed by atoms with Crippen LogP contribution in [0.15, 0.2) is 36.4 Å². The van der Waals surface area contributed by atoms with E-state index >= 15 is 0 Å². The highest BCUT2D eigenvalue weighted by molar-refractivity contribution is 5.65. The van der Waals surface area contributed by atoms with Gasteiger partial charge in [0.1, 0.15) is 24.3 Å². The number of ether oxygens (including phenoxy) is 1. The molecule has 0 heterocycles. The molecule has 0 aliphatic carbocycles. The summed E-state index contributed by atoms with van der Waals surface area (Å²) in [6, 6.07) is 7.55. The Kier molecular flexibility index (Phi) is 4.83. The van der Waals surface area contributed by atoms with Gasteiger partial charge in [-0.25, -0.2) is 0 Å². The van der Waals surface area contributed by atoms with Crippen molar-refractivity contribution < 1.29 is 9.66 Å². The summed E-state index contributed by atoms with van der Waals surface area (Å²) in [5.74, 6) is 0.109. The third kappa shape index (κ3) is 3.69. The Morgan fingerprint density at radius 2 is 2.16 bits per heavy atom. The molecule has 0 N–H and O–H groups in total. The van der Waals surface area contributed by atoms with Crippen LogP contribution in [-0.4, -0.2) is 11.5 Å². The Hall–Kier alpha value is -3.12. The monoisotopic (exact) mass is 255 g/mol. The Morgan fingerprint density at radius 1 is 1.47 bits per heavy atom. The van der Waals surface area contributed by atoms with Gasteiger partial charge >= 0.3 is 5.69 Å². The molecule has 94 valence electrons. The molecule has 0 aliphatic rings. The smallest absolute Gasteiger partial charge is 0.311 e. The molecule has 1 aromatic rings. The lowest BCUT2D eigenvalue weighted by molar-refractivity contribution is -0.385. The third-order valence-corrected chi connectivity index (χ3v) is 2.09. The minimum atomic E-state index is -0.589. The van der Waals surface area contributed by atoms with Crippen LogP contribution in [0.2, 0.25) is 0 Å². The highest BCUT2D eigenvalue weighted by Gasteiger charge is 2.15. The lowest BCUT2D eigenvalue weighted by atomic mass is 10.1. The van der Waals surface area contributed by atoms with Gasteiger partial charge in [-0.2, -0.15) is 10.5 Å². The molecule has 19 heavy (non-hydrogen) atoms. The van der Waals surface area contributed by atoms with E-state index in [0.717, 1.165) is 0 Å². The molecule has 6 nitrogen and oxygen atoms in total. The first-order valence-corrected chi connectivity index (χ1v) is 5.16. The zero-order chi connectivity index (χ0) is 14.3. The van der Waals surface area contributed by atoms with Gasteiger partial charge in [-0.05, 0) is 17.7 Å². The van der Waals surface area contributed by atoms with Gasteiger partial charge in [0.25, 0.3) is 0 Å². The maximum Gasteiger partial charge on any atom is 0.311 e. The van der Waals surface area contributed by atoms with E-state index in [2.05, 4.69) is 6.58 Å². The Bertz CT molecular complexity index is 605. The molecule has 0 unspecified atom stereocenters. The molecule has 0 aliphatic heterocycles. The summed E-state index contributed by atoms with van der Waals surface area (Å²) in [5, 5.41) is 28.2. The van der Waals surface area contributed by atoms with Crippen LogP contribution in [0.5, 0.6) is 5.75 Å². The average Bonchev–Trinajstić information content (AvgIpc) is 2.42. The van der Waals surface area contributed by atoms with Gasteiger partial charge in [0, 0.05) is 6.07 Å². The summed E-state index contributed by atoms with van der Waals surface area (Å²) in [4.78, 5) is 10.3. The van der Waals surface area contributed by atoms with Gasteiger partial charge in [0.15, 0.2) is 5.75 Å². The van der Waals surface area contributed by atoms with E-state index in [4.69, 9.17) is 15.3 Å². The quantitative estimate of drug-likeness (QED) is 0.348. The molecule has 0 amide bonds. The summed E-state index contributed by atoms with van der Waals surface area (Å²) in [6.45, 7) is 3.60. The van der Waals surface area contributed by atoms with Crippen LogP contribution < -0.4 is 4.74 Å². The van der Waals surface area contributed by atoms with Gasteiger partial charge in [-0.1, -0.05) is 18.7 Å². The Balaban J connectivity index is 3.21. The van der Waals surface area contributed by atoms with Gasteiger partial charge in [0.05, 0.1) is 4.92 Å². The van der Waals surface area contributed by atoms with Crippen molar-refractivity contribution >= 4 is 11.8 Å². The first-order valence-electron chi connectivity index (χ1n) is 5.16. The number of nitriles is 2. The van der Waals surface area contributed by atoms with Crippen LogP contribution in [0, 0.1) is 32.8 Å². The van der Waals surface area contributed by atoms with Crippen molar-refractivity contribution in [2.45, 2.75) is 0 Å². The minimum Gasteiger partial charge on any atom is -0.483 e. The van der Waals surface area contributed by atoms with Gasteiger partial charge in [0.2, 0.25) is 0 Å². The molecule has 1 rings (SSSR count). The lowest BCUT2D eigenvalue weighted by Crippen LogP contribution is -1.98. The second-order valence-corrected chi connectivity index (χ2v) is 3.37. The normalized spacial score (nSPS) is 8.74. The van der Waals surface area contributed by atoms with Crippen LogP contribution in [-0.2, 0) is 0 Å². The van der Waals surface area contributed by atoms with Crippen LogP contribution in [0.4, 0.5) is 5.69 Å². The van der Waals surface area contributed by atoms with Crippen molar-refractivity contribution in [3.8, 4) is 17.9 Å². The zero-order valence-corrected chi connectivity index (χ0v) is 9.87. The highest BCUT2D eigenvalue weighted by Crippen LogP contribution is 2.28. The molecule has 0 atom stereocenters. The molecule has 0 spiro atoms. The highest BCUT2D eigenvalue weighted by atomic mass is 16.6. The number of rotatable bonds is 5. The van der Waals surface area contributed by atoms with Crippen LogP contribution in [0.1, 0.15) is 5.56 Å². The summed E-state index contributed by atoms with van der Waals surface area (Å²) in [6.07, 6.45) is 2.74. The zero-order valence-electron chi connectivity index (χ0n) is 9.87. The molecule has 0 aromatic heterocycles. The van der Waals surface area contributed by atoms with E-state index < -0.39 is 4.92 Å². The van der Waals surface area contributed by atoms with E-state index in [1.165, 1.54) is 30.4 Å². The molecular weight excluding hydrogens is 246 g/mol. The van der Waals surface area contributed by atoms with Crippen molar-refractivity contribution in [2.24, 2.45) is 0 Å². The Labute approximate surface area is 109 Å². The summed E-state index contributed by atoms with van der Waals surface area (Å²) in [7, 11) is 0. The van der Waals surface area contributed by atoms with E-state index in [1.807, 2.05) is 0 Å².